The first-order valence-electron chi connectivity index (χ1n) is 8.45. The Labute approximate surface area is 142 Å². The minimum Gasteiger partial charge on any atom is -0.388 e. The molecule has 0 radical (unpaired) electrons. The predicted molar refractivity (Wildman–Crippen MR) is 92.2 cm³/mol. The van der Waals surface area contributed by atoms with E-state index in [1.807, 2.05) is 22.2 Å². The first-order valence-corrected chi connectivity index (χ1v) is 9.33. The molecule has 0 aromatic carbocycles. The molecule has 1 aliphatic heterocycles. The van der Waals surface area contributed by atoms with Gasteiger partial charge in [0.2, 0.25) is 0 Å². The van der Waals surface area contributed by atoms with Crippen LogP contribution in [0.3, 0.4) is 0 Å². The van der Waals surface area contributed by atoms with Crippen molar-refractivity contribution in [3.63, 3.8) is 0 Å². The number of nitrogens with zero attached hydrogens (tertiary/aromatic N) is 4. The number of hydrogen-bond donors (Lipinski definition) is 1. The molecule has 0 amide bonds. The van der Waals surface area contributed by atoms with E-state index in [0.29, 0.717) is 12.0 Å². The molecular formula is C17H26N4OS. The van der Waals surface area contributed by atoms with Crippen molar-refractivity contribution in [3.05, 3.63) is 34.5 Å². The summed E-state index contributed by atoms with van der Waals surface area (Å²) in [6.45, 7) is 7.21. The maximum atomic E-state index is 10.4. The highest BCUT2D eigenvalue weighted by atomic mass is 32.1. The van der Waals surface area contributed by atoms with Crippen molar-refractivity contribution in [2.45, 2.75) is 58.3 Å². The maximum Gasteiger partial charge on any atom is 0.141 e. The van der Waals surface area contributed by atoms with Gasteiger partial charge in [-0.05, 0) is 43.2 Å². The summed E-state index contributed by atoms with van der Waals surface area (Å²) in [7, 11) is 0. The second-order valence-electron chi connectivity index (χ2n) is 6.79. The van der Waals surface area contributed by atoms with Crippen molar-refractivity contribution < 1.29 is 5.11 Å². The first-order chi connectivity index (χ1) is 11.1. The van der Waals surface area contributed by atoms with Crippen LogP contribution in [0.5, 0.6) is 0 Å². The van der Waals surface area contributed by atoms with Crippen LogP contribution in [0.4, 0.5) is 0 Å². The minimum atomic E-state index is -0.353. The molecule has 1 saturated heterocycles. The lowest BCUT2D eigenvalue weighted by atomic mass is 10.1. The largest absolute Gasteiger partial charge is 0.388 e. The summed E-state index contributed by atoms with van der Waals surface area (Å²) >= 11 is 1.64. The maximum absolute atomic E-state index is 10.4. The fraction of sp³-hybridized carbons (Fsp3) is 0.647. The Morgan fingerprint density at radius 1 is 1.43 bits per heavy atom. The minimum absolute atomic E-state index is 0.353. The zero-order valence-corrected chi connectivity index (χ0v) is 14.7. The van der Waals surface area contributed by atoms with Crippen LogP contribution in [0.25, 0.3) is 0 Å². The van der Waals surface area contributed by atoms with Crippen molar-refractivity contribution in [2.75, 3.05) is 6.54 Å². The van der Waals surface area contributed by atoms with Gasteiger partial charge in [-0.1, -0.05) is 19.9 Å². The molecule has 2 unspecified atom stereocenters. The third-order valence-electron chi connectivity index (χ3n) is 4.44. The summed E-state index contributed by atoms with van der Waals surface area (Å²) in [5.74, 6) is 1.60. The molecule has 1 fully saturated rings. The van der Waals surface area contributed by atoms with Gasteiger partial charge in [0.15, 0.2) is 0 Å². The van der Waals surface area contributed by atoms with Gasteiger partial charge < -0.3 is 5.11 Å². The summed E-state index contributed by atoms with van der Waals surface area (Å²) in [5, 5.41) is 16.8. The Kier molecular flexibility index (Phi) is 5.46. The second-order valence-corrected chi connectivity index (χ2v) is 7.76. The Hall–Kier alpha value is -1.24. The highest BCUT2D eigenvalue weighted by molar-refractivity contribution is 7.10. The van der Waals surface area contributed by atoms with Gasteiger partial charge in [-0.25, -0.2) is 9.67 Å². The normalized spacial score (nSPS) is 20.4. The summed E-state index contributed by atoms with van der Waals surface area (Å²) in [5.41, 5.74) is 0. The van der Waals surface area contributed by atoms with Gasteiger partial charge >= 0.3 is 0 Å². The van der Waals surface area contributed by atoms with E-state index in [1.54, 1.807) is 17.7 Å². The zero-order chi connectivity index (χ0) is 16.2. The molecule has 3 rings (SSSR count). The van der Waals surface area contributed by atoms with Gasteiger partial charge in [-0.15, -0.1) is 11.3 Å². The monoisotopic (exact) mass is 334 g/mol. The molecule has 0 spiro atoms. The van der Waals surface area contributed by atoms with Crippen molar-refractivity contribution in [1.29, 1.82) is 0 Å². The molecule has 0 aliphatic carbocycles. The molecular weight excluding hydrogens is 308 g/mol. The van der Waals surface area contributed by atoms with E-state index in [9.17, 15) is 5.11 Å². The van der Waals surface area contributed by atoms with Gasteiger partial charge in [0.1, 0.15) is 12.2 Å². The molecule has 5 nitrogen and oxygen atoms in total. The Bertz CT molecular complexity index is 596. The molecule has 126 valence electrons. The highest BCUT2D eigenvalue weighted by Crippen LogP contribution is 2.30. The summed E-state index contributed by atoms with van der Waals surface area (Å²) in [4.78, 5) is 7.97. The van der Waals surface area contributed by atoms with E-state index in [0.717, 1.165) is 43.2 Å². The lowest BCUT2D eigenvalue weighted by Crippen LogP contribution is -2.31. The fourth-order valence-corrected chi connectivity index (χ4v) is 4.04. The van der Waals surface area contributed by atoms with Crippen LogP contribution in [0.15, 0.2) is 23.8 Å². The van der Waals surface area contributed by atoms with E-state index < -0.39 is 0 Å². The standard InChI is InChI=1S/C17H26N4OS/c1-13(2)10-21-17(18-12-19-21)11-20-7-3-5-14(20)9-15(22)16-6-4-8-23-16/h4,6,8,12-15,22H,3,5,7,9-11H2,1-2H3. The van der Waals surface area contributed by atoms with E-state index in [2.05, 4.69) is 28.8 Å². The quantitative estimate of drug-likeness (QED) is 0.845. The van der Waals surface area contributed by atoms with Crippen molar-refractivity contribution >= 4 is 11.3 Å². The molecule has 2 aromatic rings. The number of thiophene rings is 1. The lowest BCUT2D eigenvalue weighted by molar-refractivity contribution is 0.118. The Morgan fingerprint density at radius 2 is 2.30 bits per heavy atom. The molecule has 0 saturated carbocycles. The molecule has 0 bridgehead atoms. The van der Waals surface area contributed by atoms with Crippen LogP contribution >= 0.6 is 11.3 Å². The van der Waals surface area contributed by atoms with Crippen LogP contribution in [0.1, 0.15) is 49.9 Å². The molecule has 2 atom stereocenters. The van der Waals surface area contributed by atoms with Crippen LogP contribution in [-0.4, -0.2) is 37.4 Å². The highest BCUT2D eigenvalue weighted by Gasteiger charge is 2.28. The number of aromatic nitrogens is 3. The summed E-state index contributed by atoms with van der Waals surface area (Å²) in [6.07, 6.45) is 4.46. The number of likely N-dealkylation sites (tertiary alicyclic amines) is 1. The number of hydrogen-bond acceptors (Lipinski definition) is 5. The van der Waals surface area contributed by atoms with Crippen LogP contribution in [-0.2, 0) is 13.1 Å². The SMILES string of the molecule is CC(C)Cn1ncnc1CN1CCCC1CC(O)c1cccs1. The van der Waals surface area contributed by atoms with Gasteiger partial charge in [0.25, 0.3) is 0 Å². The second kappa shape index (κ2) is 7.55. The number of aliphatic hydroxyl groups is 1. The Morgan fingerprint density at radius 3 is 3.04 bits per heavy atom. The lowest BCUT2D eigenvalue weighted by Gasteiger charge is -2.26. The van der Waals surface area contributed by atoms with Crippen molar-refractivity contribution in [2.24, 2.45) is 5.92 Å². The van der Waals surface area contributed by atoms with E-state index in [1.165, 1.54) is 6.42 Å². The smallest absolute Gasteiger partial charge is 0.141 e. The molecule has 1 aliphatic rings. The van der Waals surface area contributed by atoms with Gasteiger partial charge in [0.05, 0.1) is 12.6 Å². The Balaban J connectivity index is 1.62. The third-order valence-corrected chi connectivity index (χ3v) is 5.42. The molecule has 6 heteroatoms. The van der Waals surface area contributed by atoms with Gasteiger partial charge in [-0.3, -0.25) is 4.90 Å². The topological polar surface area (TPSA) is 54.2 Å². The average Bonchev–Trinajstić information content (AvgIpc) is 3.23. The number of aliphatic hydroxyl groups excluding tert-OH is 1. The predicted octanol–water partition coefficient (Wildman–Crippen LogP) is 3.08. The summed E-state index contributed by atoms with van der Waals surface area (Å²) < 4.78 is 2.02. The molecule has 2 aromatic heterocycles. The average molecular weight is 334 g/mol. The zero-order valence-electron chi connectivity index (χ0n) is 13.9. The van der Waals surface area contributed by atoms with E-state index in [-0.39, 0.29) is 6.10 Å². The van der Waals surface area contributed by atoms with Crippen LogP contribution < -0.4 is 0 Å². The van der Waals surface area contributed by atoms with Gasteiger partial charge in [0, 0.05) is 17.5 Å². The fourth-order valence-electron chi connectivity index (χ4n) is 3.32. The first kappa shape index (κ1) is 16.6. The summed E-state index contributed by atoms with van der Waals surface area (Å²) in [6, 6.07) is 4.45. The number of rotatable bonds is 7. The van der Waals surface area contributed by atoms with Gasteiger partial charge in [-0.2, -0.15) is 5.10 Å². The van der Waals surface area contributed by atoms with Crippen molar-refractivity contribution in [3.8, 4) is 0 Å². The third kappa shape index (κ3) is 4.19. The molecule has 23 heavy (non-hydrogen) atoms. The van der Waals surface area contributed by atoms with Crippen LogP contribution in [0, 0.1) is 5.92 Å². The molecule has 3 heterocycles. The van der Waals surface area contributed by atoms with E-state index >= 15 is 0 Å². The van der Waals surface area contributed by atoms with Crippen LogP contribution in [0.2, 0.25) is 0 Å². The van der Waals surface area contributed by atoms with Crippen molar-refractivity contribution in [1.82, 2.24) is 19.7 Å². The van der Waals surface area contributed by atoms with E-state index in [4.69, 9.17) is 0 Å². The molecule has 1 N–H and O–H groups in total.